The maximum Gasteiger partial charge on any atom is 0.342 e. The van der Waals surface area contributed by atoms with Crippen molar-refractivity contribution in [1.82, 2.24) is 0 Å². The minimum absolute atomic E-state index is 0.0653. The van der Waals surface area contributed by atoms with E-state index in [1.807, 2.05) is 0 Å². The summed E-state index contributed by atoms with van der Waals surface area (Å²) in [4.78, 5) is 11.2. The summed E-state index contributed by atoms with van der Waals surface area (Å²) in [6.45, 7) is -0.880. The Labute approximate surface area is 87.0 Å². The molecule has 0 amide bonds. The Morgan fingerprint density at radius 1 is 1.43 bits per heavy atom. The van der Waals surface area contributed by atoms with Crippen molar-refractivity contribution in [3.63, 3.8) is 0 Å². The topological polar surface area (TPSA) is 26.3 Å². The highest BCUT2D eigenvalue weighted by Crippen LogP contribution is 2.34. The van der Waals surface area contributed by atoms with Crippen LogP contribution in [0.2, 0.25) is 0 Å². The highest BCUT2D eigenvalue weighted by molar-refractivity contribution is 9.10. The normalized spacial score (nSPS) is 18.6. The number of hydrogen-bond donors (Lipinski definition) is 0. The fourth-order valence-corrected chi connectivity index (χ4v) is 1.57. The molecule has 1 aliphatic heterocycles. The second-order valence-electron chi connectivity index (χ2n) is 2.96. The molecule has 1 aromatic rings. The molecule has 0 fully saturated rings. The van der Waals surface area contributed by atoms with Gasteiger partial charge in [0, 0.05) is 4.47 Å². The quantitative estimate of drug-likeness (QED) is 0.719. The van der Waals surface area contributed by atoms with Gasteiger partial charge in [-0.1, -0.05) is 15.9 Å². The van der Waals surface area contributed by atoms with E-state index in [2.05, 4.69) is 15.9 Å². The van der Waals surface area contributed by atoms with Crippen LogP contribution in [0.1, 0.15) is 10.4 Å². The molecule has 2 rings (SSSR count). The van der Waals surface area contributed by atoms with Crippen molar-refractivity contribution in [3.05, 3.63) is 28.2 Å². The van der Waals surface area contributed by atoms with Crippen LogP contribution in [-0.2, 0) is 0 Å². The van der Waals surface area contributed by atoms with Gasteiger partial charge in [-0.15, -0.1) is 0 Å². The number of Topliss-reactive ketones (excluding diaryl/α,β-unsaturated/α-hetero) is 1. The van der Waals surface area contributed by atoms with Crippen LogP contribution in [0.25, 0.3) is 0 Å². The van der Waals surface area contributed by atoms with E-state index in [-0.39, 0.29) is 11.3 Å². The predicted molar refractivity (Wildman–Crippen MR) is 48.9 cm³/mol. The largest absolute Gasteiger partial charge is 0.486 e. The maximum absolute atomic E-state index is 12.9. The van der Waals surface area contributed by atoms with Crippen LogP contribution in [0.15, 0.2) is 22.7 Å². The summed E-state index contributed by atoms with van der Waals surface area (Å²) < 4.78 is 31.3. The summed E-state index contributed by atoms with van der Waals surface area (Å²) in [5, 5.41) is 0. The summed E-state index contributed by atoms with van der Waals surface area (Å²) in [5.41, 5.74) is -0.0653. The van der Waals surface area contributed by atoms with Gasteiger partial charge in [-0.05, 0) is 18.2 Å². The first-order valence-electron chi connectivity index (χ1n) is 3.86. The van der Waals surface area contributed by atoms with Crippen molar-refractivity contribution in [2.75, 3.05) is 6.61 Å². The molecule has 0 radical (unpaired) electrons. The molecule has 0 aliphatic carbocycles. The van der Waals surface area contributed by atoms with E-state index in [1.54, 1.807) is 0 Å². The third kappa shape index (κ3) is 1.41. The van der Waals surface area contributed by atoms with Gasteiger partial charge in [0.15, 0.2) is 6.61 Å². The molecule has 1 aromatic carbocycles. The molecule has 1 heterocycles. The summed E-state index contributed by atoms with van der Waals surface area (Å²) in [7, 11) is 0. The number of benzene rings is 1. The Hall–Kier alpha value is -0.970. The maximum atomic E-state index is 12.9. The van der Waals surface area contributed by atoms with Gasteiger partial charge in [-0.3, -0.25) is 4.79 Å². The summed E-state index contributed by atoms with van der Waals surface area (Å²) >= 11 is 3.16. The highest BCUT2D eigenvalue weighted by Gasteiger charge is 2.45. The number of carbonyl (C=O) groups excluding carboxylic acids is 1. The second kappa shape index (κ2) is 3.02. The van der Waals surface area contributed by atoms with E-state index >= 15 is 0 Å². The number of ether oxygens (including phenoxy) is 1. The lowest BCUT2D eigenvalue weighted by molar-refractivity contribution is -0.0265. The van der Waals surface area contributed by atoms with Gasteiger partial charge in [0.1, 0.15) is 5.75 Å². The average molecular weight is 263 g/mol. The fraction of sp³-hybridized carbons (Fsp3) is 0.222. The van der Waals surface area contributed by atoms with Crippen molar-refractivity contribution in [2.45, 2.75) is 5.92 Å². The smallest absolute Gasteiger partial charge is 0.342 e. The van der Waals surface area contributed by atoms with Crippen LogP contribution in [-0.4, -0.2) is 18.3 Å². The van der Waals surface area contributed by atoms with Gasteiger partial charge in [0.2, 0.25) is 5.78 Å². The number of ketones is 1. The summed E-state index contributed by atoms with van der Waals surface area (Å²) in [5.74, 6) is -4.37. The molecule has 0 bridgehead atoms. The highest BCUT2D eigenvalue weighted by atomic mass is 79.9. The van der Waals surface area contributed by atoms with Crippen molar-refractivity contribution in [1.29, 1.82) is 0 Å². The minimum atomic E-state index is -3.40. The lowest BCUT2D eigenvalue weighted by Gasteiger charge is -2.23. The average Bonchev–Trinajstić information content (AvgIpc) is 2.12. The standard InChI is InChI=1S/C9H5BrF2O2/c10-5-1-2-6-7(3-5)14-4-9(11,12)8(6)13/h1-3H,4H2. The first kappa shape index (κ1) is 9.58. The molecule has 0 N–H and O–H groups in total. The monoisotopic (exact) mass is 262 g/mol. The summed E-state index contributed by atoms with van der Waals surface area (Å²) in [6, 6.07) is 4.36. The van der Waals surface area contributed by atoms with Crippen molar-refractivity contribution < 1.29 is 18.3 Å². The molecular formula is C9H5BrF2O2. The zero-order valence-corrected chi connectivity index (χ0v) is 8.48. The molecule has 2 nitrogen and oxygen atoms in total. The molecule has 0 saturated carbocycles. The lowest BCUT2D eigenvalue weighted by Crippen LogP contribution is -2.39. The molecular weight excluding hydrogens is 258 g/mol. The zero-order chi connectivity index (χ0) is 10.3. The van der Waals surface area contributed by atoms with Crippen LogP contribution < -0.4 is 4.74 Å². The van der Waals surface area contributed by atoms with Crippen LogP contribution >= 0.6 is 15.9 Å². The Balaban J connectivity index is 2.52. The van der Waals surface area contributed by atoms with Gasteiger partial charge in [-0.25, -0.2) is 0 Å². The molecule has 0 spiro atoms. The van der Waals surface area contributed by atoms with Gasteiger partial charge >= 0.3 is 5.92 Å². The molecule has 5 heteroatoms. The van der Waals surface area contributed by atoms with E-state index in [1.165, 1.54) is 18.2 Å². The first-order valence-corrected chi connectivity index (χ1v) is 4.65. The van der Waals surface area contributed by atoms with E-state index in [9.17, 15) is 13.6 Å². The molecule has 74 valence electrons. The lowest BCUT2D eigenvalue weighted by atomic mass is 10.0. The van der Waals surface area contributed by atoms with Crippen LogP contribution in [0.3, 0.4) is 0 Å². The third-order valence-electron chi connectivity index (χ3n) is 1.93. The van der Waals surface area contributed by atoms with Crippen LogP contribution in [0, 0.1) is 0 Å². The van der Waals surface area contributed by atoms with Crippen molar-refractivity contribution in [3.8, 4) is 5.75 Å². The Bertz CT molecular complexity index is 404. The Morgan fingerprint density at radius 2 is 2.14 bits per heavy atom. The van der Waals surface area contributed by atoms with E-state index in [0.29, 0.717) is 4.47 Å². The molecule has 0 atom stereocenters. The van der Waals surface area contributed by atoms with E-state index in [4.69, 9.17) is 4.74 Å². The minimum Gasteiger partial charge on any atom is -0.486 e. The van der Waals surface area contributed by atoms with Gasteiger partial charge < -0.3 is 4.74 Å². The SMILES string of the molecule is O=C1c2ccc(Br)cc2OCC1(F)F. The predicted octanol–water partition coefficient (Wildman–Crippen LogP) is 2.66. The molecule has 0 unspecified atom stereocenters. The zero-order valence-electron chi connectivity index (χ0n) is 6.89. The van der Waals surface area contributed by atoms with Crippen molar-refractivity contribution in [2.24, 2.45) is 0 Å². The molecule has 0 saturated heterocycles. The molecule has 14 heavy (non-hydrogen) atoms. The first-order chi connectivity index (χ1) is 6.50. The number of carbonyl (C=O) groups is 1. The summed E-state index contributed by atoms with van der Waals surface area (Å²) in [6.07, 6.45) is 0. The number of alkyl halides is 2. The van der Waals surface area contributed by atoms with E-state index in [0.717, 1.165) is 0 Å². The van der Waals surface area contributed by atoms with Gasteiger partial charge in [-0.2, -0.15) is 8.78 Å². The second-order valence-corrected chi connectivity index (χ2v) is 3.88. The Kier molecular flexibility index (Phi) is 2.06. The number of fused-ring (bicyclic) bond motifs is 1. The Morgan fingerprint density at radius 3 is 2.86 bits per heavy atom. The molecule has 0 aromatic heterocycles. The van der Waals surface area contributed by atoms with Crippen LogP contribution in [0.4, 0.5) is 8.78 Å². The third-order valence-corrected chi connectivity index (χ3v) is 2.42. The van der Waals surface area contributed by atoms with Crippen molar-refractivity contribution >= 4 is 21.7 Å². The van der Waals surface area contributed by atoms with Crippen LogP contribution in [0.5, 0.6) is 5.75 Å². The van der Waals surface area contributed by atoms with Gasteiger partial charge in [0.25, 0.3) is 0 Å². The number of halogens is 3. The van der Waals surface area contributed by atoms with E-state index < -0.39 is 18.3 Å². The van der Waals surface area contributed by atoms with Gasteiger partial charge in [0.05, 0.1) is 5.56 Å². The number of rotatable bonds is 0. The number of hydrogen-bond acceptors (Lipinski definition) is 2. The molecule has 1 aliphatic rings. The fourth-order valence-electron chi connectivity index (χ4n) is 1.23.